The molecule has 4 aromatic heterocycles. The predicted molar refractivity (Wildman–Crippen MR) is 265 cm³/mol. The summed E-state index contributed by atoms with van der Waals surface area (Å²) < 4.78 is 91.8. The van der Waals surface area contributed by atoms with Crippen LogP contribution in [-0.2, 0) is 40.7 Å². The lowest BCUT2D eigenvalue weighted by atomic mass is 10.2. The van der Waals surface area contributed by atoms with Crippen LogP contribution in [0.5, 0.6) is 23.0 Å². The van der Waals surface area contributed by atoms with Crippen LogP contribution >= 0.6 is 23.2 Å². The molecule has 384 valence electrons. The van der Waals surface area contributed by atoms with Crippen molar-refractivity contribution in [3.63, 3.8) is 0 Å². The lowest BCUT2D eigenvalue weighted by molar-refractivity contribution is 0.0947. The smallest absolute Gasteiger partial charge is 0.163 e. The fraction of sp³-hybridized carbons (Fsp3) is 0.500. The molecule has 2 aromatic carbocycles. The van der Waals surface area contributed by atoms with Crippen molar-refractivity contribution < 1.29 is 45.3 Å². The fourth-order valence-electron chi connectivity index (χ4n) is 9.69. The Kier molecular flexibility index (Phi) is 14.3. The summed E-state index contributed by atoms with van der Waals surface area (Å²) in [7, 11) is 1.51. The summed E-state index contributed by atoms with van der Waals surface area (Å²) in [6.07, 6.45) is 10.5. The first-order valence-electron chi connectivity index (χ1n) is 23.2. The van der Waals surface area contributed by atoms with Gasteiger partial charge in [-0.2, -0.15) is 0 Å². The van der Waals surface area contributed by atoms with E-state index in [1.165, 1.54) is 39.0 Å². The van der Waals surface area contributed by atoms with Gasteiger partial charge in [0, 0.05) is 50.8 Å². The number of rotatable bonds is 20. The minimum atomic E-state index is -3.80. The molecule has 0 aliphatic heterocycles. The second-order valence-electron chi connectivity index (χ2n) is 18.7. The van der Waals surface area contributed by atoms with E-state index in [4.69, 9.17) is 51.6 Å². The van der Waals surface area contributed by atoms with Gasteiger partial charge in [-0.15, -0.1) is 20.4 Å². The van der Waals surface area contributed by atoms with Crippen molar-refractivity contribution in [1.82, 2.24) is 49.5 Å². The number of hydrogen-bond acceptors (Lipinski definition) is 18. The van der Waals surface area contributed by atoms with E-state index in [1.54, 1.807) is 75.7 Å². The van der Waals surface area contributed by atoms with E-state index in [0.717, 1.165) is 50.2 Å². The zero-order valence-corrected chi connectivity index (χ0v) is 44.2. The highest BCUT2D eigenvalue weighted by atomic mass is 35.5. The molecule has 20 nitrogen and oxygen atoms in total. The van der Waals surface area contributed by atoms with Crippen molar-refractivity contribution in [2.45, 2.75) is 98.4 Å². The molecule has 4 fully saturated rings. The molecule has 0 saturated heterocycles. The topological polar surface area (TPSA) is 237 Å². The first-order chi connectivity index (χ1) is 34.5. The lowest BCUT2D eigenvalue weighted by Crippen LogP contribution is -2.30. The Morgan fingerprint density at radius 3 is 1.14 bits per heavy atom. The molecular weight excluding hydrogens is 1010 g/mol. The summed E-state index contributed by atoms with van der Waals surface area (Å²) in [6, 6.07) is 10.9. The number of nitrogens with zero attached hydrogens (tertiary/aromatic N) is 10. The Hall–Kier alpha value is -5.52. The number of halogens is 2. The minimum Gasteiger partial charge on any atom is -0.494 e. The lowest BCUT2D eigenvalue weighted by Gasteiger charge is -2.22. The first kappa shape index (κ1) is 51.4. The summed E-state index contributed by atoms with van der Waals surface area (Å²) in [6.45, 7) is 3.15. The third-order valence-corrected chi connectivity index (χ3v) is 19.0. The average molecular weight is 1070 g/mol. The molecule has 4 saturated carbocycles. The Labute approximate surface area is 428 Å². The summed E-state index contributed by atoms with van der Waals surface area (Å²) in [5.41, 5.74) is 1.73. The van der Waals surface area contributed by atoms with Crippen molar-refractivity contribution in [3.8, 4) is 34.4 Å². The Morgan fingerprint density at radius 2 is 0.875 bits per heavy atom. The van der Waals surface area contributed by atoms with Gasteiger partial charge in [0.2, 0.25) is 0 Å². The average Bonchev–Trinajstić information content (AvgIpc) is 4.34. The standard InChI is InChI=1S/2C24H28ClN5O5S/c2*1-14(21(35-4)22-26-11-15(25)12-27-22)36(31,32)13-19-28-29-23(16-10-24(16)8-9-24)30(19)20-17(33-2)6-5-7-18(20)34-3/h2*5-7,11-12,14,16,21H,8-10,13H2,1-4H3/t14-,16+,21-;14-,16-,21-/m00/s1. The van der Waals surface area contributed by atoms with E-state index in [9.17, 15) is 16.8 Å². The van der Waals surface area contributed by atoms with E-state index in [2.05, 4.69) is 40.3 Å². The normalized spacial score (nSPS) is 19.6. The van der Waals surface area contributed by atoms with E-state index in [0.29, 0.717) is 44.4 Å². The second-order valence-corrected chi connectivity index (χ2v) is 24.3. The maximum atomic E-state index is 13.7. The van der Waals surface area contributed by atoms with Crippen LogP contribution in [0.1, 0.15) is 111 Å². The van der Waals surface area contributed by atoms with Crippen molar-refractivity contribution in [1.29, 1.82) is 0 Å². The van der Waals surface area contributed by atoms with Gasteiger partial charge in [-0.25, -0.2) is 36.8 Å². The van der Waals surface area contributed by atoms with Crippen LogP contribution in [0.15, 0.2) is 61.2 Å². The Balaban J connectivity index is 0.000000178. The molecular formula is C48H56Cl2N10O10S2. The monoisotopic (exact) mass is 1070 g/mol. The molecule has 24 heteroatoms. The molecule has 72 heavy (non-hydrogen) atoms. The number of hydrogen-bond donors (Lipinski definition) is 0. The van der Waals surface area contributed by atoms with E-state index < -0.39 is 42.4 Å². The summed E-state index contributed by atoms with van der Waals surface area (Å²) in [4.78, 5) is 16.6. The van der Waals surface area contributed by atoms with Crippen molar-refractivity contribution in [3.05, 3.63) is 106 Å². The first-order valence-corrected chi connectivity index (χ1v) is 27.4. The van der Waals surface area contributed by atoms with Gasteiger partial charge in [-0.05, 0) is 87.5 Å². The van der Waals surface area contributed by atoms with Crippen LogP contribution in [-0.4, -0.2) is 119 Å². The number of ether oxygens (including phenoxy) is 6. The molecule has 2 spiro atoms. The highest BCUT2D eigenvalue weighted by molar-refractivity contribution is 7.91. The molecule has 0 amide bonds. The molecule has 0 N–H and O–H groups in total. The molecule has 0 unspecified atom stereocenters. The Morgan fingerprint density at radius 1 is 0.556 bits per heavy atom. The summed E-state index contributed by atoms with van der Waals surface area (Å²) >= 11 is 11.8. The molecule has 4 aliphatic rings. The van der Waals surface area contributed by atoms with Gasteiger partial charge in [-0.1, -0.05) is 35.3 Å². The minimum absolute atomic E-state index is 0.225. The molecule has 4 aliphatic carbocycles. The van der Waals surface area contributed by atoms with Gasteiger partial charge < -0.3 is 28.4 Å². The highest BCUT2D eigenvalue weighted by Gasteiger charge is 2.66. The van der Waals surface area contributed by atoms with Crippen LogP contribution in [0, 0.1) is 10.8 Å². The van der Waals surface area contributed by atoms with Crippen LogP contribution < -0.4 is 18.9 Å². The van der Waals surface area contributed by atoms with Gasteiger partial charge in [0.05, 0.1) is 49.0 Å². The quantitative estimate of drug-likeness (QED) is 0.0725. The van der Waals surface area contributed by atoms with Gasteiger partial charge >= 0.3 is 0 Å². The zero-order chi connectivity index (χ0) is 51.3. The number of sulfone groups is 2. The zero-order valence-electron chi connectivity index (χ0n) is 41.0. The van der Waals surface area contributed by atoms with E-state index in [1.807, 2.05) is 12.1 Å². The van der Waals surface area contributed by atoms with Crippen LogP contribution in [0.25, 0.3) is 11.4 Å². The third kappa shape index (κ3) is 9.84. The number of benzene rings is 2. The third-order valence-electron chi connectivity index (χ3n) is 14.5. The van der Waals surface area contributed by atoms with Crippen LogP contribution in [0.3, 0.4) is 0 Å². The molecule has 6 atom stereocenters. The van der Waals surface area contributed by atoms with Gasteiger partial charge in [0.1, 0.15) is 69.7 Å². The van der Waals surface area contributed by atoms with E-state index >= 15 is 0 Å². The van der Waals surface area contributed by atoms with Crippen molar-refractivity contribution in [2.24, 2.45) is 10.8 Å². The van der Waals surface area contributed by atoms with Gasteiger partial charge in [-0.3, -0.25) is 9.13 Å². The SMILES string of the molecule is COc1cccc(OC)c1-n1c(CS(=O)(=O)[C@@H](C)[C@H](OC)c2ncc(Cl)cn2)nnc1[C@@H]1CC12CC2.COc1cccc(OC)c1-n1c(CS(=O)(=O)[C@@H](C)[C@H](OC)c2ncc(Cl)cn2)nnc1[C@H]1CC12CC2. The van der Waals surface area contributed by atoms with Crippen molar-refractivity contribution >= 4 is 42.9 Å². The molecule has 0 radical (unpaired) electrons. The Bertz CT molecular complexity index is 2910. The number of aromatic nitrogens is 10. The number of methoxy groups -OCH3 is 6. The van der Waals surface area contributed by atoms with Crippen molar-refractivity contribution in [2.75, 3.05) is 42.7 Å². The molecule has 0 bridgehead atoms. The van der Waals surface area contributed by atoms with Crippen LogP contribution in [0.2, 0.25) is 10.0 Å². The summed E-state index contributed by atoms with van der Waals surface area (Å²) in [5.74, 6) is 4.39. The molecule has 6 aromatic rings. The molecule has 4 heterocycles. The largest absolute Gasteiger partial charge is 0.494 e. The van der Waals surface area contributed by atoms with Gasteiger partial charge in [0.15, 0.2) is 43.0 Å². The predicted octanol–water partition coefficient (Wildman–Crippen LogP) is 7.37. The summed E-state index contributed by atoms with van der Waals surface area (Å²) in [5, 5.41) is 16.5. The maximum absolute atomic E-state index is 13.7. The second kappa shape index (κ2) is 20.1. The van der Waals surface area contributed by atoms with Gasteiger partial charge in [0.25, 0.3) is 0 Å². The van der Waals surface area contributed by atoms with Crippen LogP contribution in [0.4, 0.5) is 0 Å². The number of para-hydroxylation sites is 2. The maximum Gasteiger partial charge on any atom is 0.163 e. The molecule has 10 rings (SSSR count). The van der Waals surface area contributed by atoms with E-state index in [-0.39, 0.29) is 57.5 Å². The highest BCUT2D eigenvalue weighted by Crippen LogP contribution is 2.75. The fourth-order valence-corrected chi connectivity index (χ4v) is 12.7.